The third-order valence-corrected chi connectivity index (χ3v) is 5.47. The van der Waals surface area contributed by atoms with E-state index in [1.807, 2.05) is 0 Å². The molecule has 1 aliphatic heterocycles. The minimum atomic E-state index is -1.01. The zero-order valence-corrected chi connectivity index (χ0v) is 13.5. The number of likely N-dealkylation sites (tertiary alicyclic amines) is 1. The SMILES string of the molecule is Cc1c(C(=O)O)sc2nc(CN3CCC(C)CC3)[nH]c(=O)c12. The van der Waals surface area contributed by atoms with E-state index < -0.39 is 5.97 Å². The number of carboxylic acid groups (broad SMARTS) is 1. The second kappa shape index (κ2) is 5.81. The van der Waals surface area contributed by atoms with E-state index in [-0.39, 0.29) is 10.4 Å². The Bertz CT molecular complexity index is 772. The van der Waals surface area contributed by atoms with Crippen LogP contribution in [0.4, 0.5) is 0 Å². The number of rotatable bonds is 3. The average Bonchev–Trinajstić information content (AvgIpc) is 2.79. The van der Waals surface area contributed by atoms with Gasteiger partial charge in [-0.15, -0.1) is 11.3 Å². The highest BCUT2D eigenvalue weighted by Gasteiger charge is 2.20. The number of aromatic carboxylic acids is 1. The fourth-order valence-electron chi connectivity index (χ4n) is 2.90. The van der Waals surface area contributed by atoms with Crippen LogP contribution in [-0.4, -0.2) is 39.0 Å². The van der Waals surface area contributed by atoms with Crippen LogP contribution in [0.15, 0.2) is 4.79 Å². The molecule has 2 aromatic heterocycles. The van der Waals surface area contributed by atoms with Gasteiger partial charge >= 0.3 is 5.97 Å². The van der Waals surface area contributed by atoms with Crippen LogP contribution < -0.4 is 5.56 Å². The van der Waals surface area contributed by atoms with Crippen LogP contribution in [0.5, 0.6) is 0 Å². The van der Waals surface area contributed by atoms with Gasteiger partial charge in [-0.05, 0) is 44.3 Å². The number of carboxylic acids is 1. The summed E-state index contributed by atoms with van der Waals surface area (Å²) in [6, 6.07) is 0. The molecule has 1 saturated heterocycles. The van der Waals surface area contributed by atoms with Crippen LogP contribution in [0, 0.1) is 12.8 Å². The van der Waals surface area contributed by atoms with Crippen molar-refractivity contribution in [3.8, 4) is 0 Å². The molecule has 0 saturated carbocycles. The van der Waals surface area contributed by atoms with Gasteiger partial charge in [-0.3, -0.25) is 9.69 Å². The summed E-state index contributed by atoms with van der Waals surface area (Å²) < 4.78 is 0. The molecule has 0 unspecified atom stereocenters. The van der Waals surface area contributed by atoms with Crippen LogP contribution in [0.25, 0.3) is 10.2 Å². The lowest BCUT2D eigenvalue weighted by atomic mass is 9.99. The lowest BCUT2D eigenvalue weighted by Crippen LogP contribution is -2.33. The van der Waals surface area contributed by atoms with Gasteiger partial charge < -0.3 is 10.1 Å². The number of nitrogens with one attached hydrogen (secondary N) is 1. The molecule has 0 spiro atoms. The van der Waals surface area contributed by atoms with Crippen molar-refractivity contribution in [1.29, 1.82) is 0 Å². The molecule has 0 bridgehead atoms. The van der Waals surface area contributed by atoms with Crippen molar-refractivity contribution in [3.63, 3.8) is 0 Å². The molecular formula is C15H19N3O3S. The fraction of sp³-hybridized carbons (Fsp3) is 0.533. The van der Waals surface area contributed by atoms with Gasteiger partial charge in [0.1, 0.15) is 15.5 Å². The summed E-state index contributed by atoms with van der Waals surface area (Å²) in [5.74, 6) is 0.362. The third kappa shape index (κ3) is 2.78. The zero-order chi connectivity index (χ0) is 15.9. The predicted octanol–water partition coefficient (Wildman–Crippen LogP) is 2.22. The number of nitrogens with zero attached hydrogens (tertiary/aromatic N) is 2. The molecule has 2 aromatic rings. The lowest BCUT2D eigenvalue weighted by molar-refractivity contribution is 0.0701. The molecular weight excluding hydrogens is 302 g/mol. The molecule has 118 valence electrons. The molecule has 0 aromatic carbocycles. The number of hydrogen-bond acceptors (Lipinski definition) is 5. The van der Waals surface area contributed by atoms with Crippen LogP contribution in [0.3, 0.4) is 0 Å². The Balaban J connectivity index is 1.92. The molecule has 0 amide bonds. The molecule has 22 heavy (non-hydrogen) atoms. The van der Waals surface area contributed by atoms with Gasteiger partial charge in [0, 0.05) is 0 Å². The maximum absolute atomic E-state index is 12.2. The molecule has 0 aliphatic carbocycles. The van der Waals surface area contributed by atoms with Gasteiger partial charge in [-0.1, -0.05) is 6.92 Å². The summed E-state index contributed by atoms with van der Waals surface area (Å²) in [5, 5.41) is 9.58. The standard InChI is InChI=1S/C15H19N3O3S/c1-8-3-5-18(6-4-8)7-10-16-13(19)11-9(2)12(15(20)21)22-14(11)17-10/h8H,3-7H2,1-2H3,(H,20,21)(H,16,17,19). The van der Waals surface area contributed by atoms with E-state index in [2.05, 4.69) is 21.8 Å². The van der Waals surface area contributed by atoms with Crippen LogP contribution in [0.2, 0.25) is 0 Å². The summed E-state index contributed by atoms with van der Waals surface area (Å²) in [7, 11) is 0. The number of aromatic nitrogens is 2. The summed E-state index contributed by atoms with van der Waals surface area (Å²) in [4.78, 5) is 33.7. The monoisotopic (exact) mass is 321 g/mol. The molecule has 0 atom stereocenters. The molecule has 2 N–H and O–H groups in total. The molecule has 0 radical (unpaired) electrons. The van der Waals surface area contributed by atoms with Crippen molar-refractivity contribution < 1.29 is 9.90 Å². The Morgan fingerprint density at radius 1 is 1.45 bits per heavy atom. The molecule has 3 rings (SSSR count). The van der Waals surface area contributed by atoms with Gasteiger partial charge in [0.25, 0.3) is 5.56 Å². The van der Waals surface area contributed by atoms with E-state index in [1.165, 1.54) is 0 Å². The molecule has 1 fully saturated rings. The van der Waals surface area contributed by atoms with E-state index in [4.69, 9.17) is 0 Å². The summed E-state index contributed by atoms with van der Waals surface area (Å²) in [6.45, 7) is 6.53. The minimum Gasteiger partial charge on any atom is -0.477 e. The first kappa shape index (κ1) is 15.2. The number of H-pyrrole nitrogens is 1. The molecule has 1 aliphatic rings. The Morgan fingerprint density at radius 3 is 2.77 bits per heavy atom. The number of fused-ring (bicyclic) bond motifs is 1. The number of carbonyl (C=O) groups is 1. The number of aryl methyl sites for hydroxylation is 1. The largest absolute Gasteiger partial charge is 0.477 e. The number of thiophene rings is 1. The summed E-state index contributed by atoms with van der Waals surface area (Å²) >= 11 is 1.07. The van der Waals surface area contributed by atoms with Gasteiger partial charge in [-0.2, -0.15) is 0 Å². The number of piperidine rings is 1. The van der Waals surface area contributed by atoms with Crippen molar-refractivity contribution >= 4 is 27.5 Å². The normalized spacial score (nSPS) is 17.2. The first-order chi connectivity index (χ1) is 10.5. The maximum atomic E-state index is 12.2. The first-order valence-electron chi connectivity index (χ1n) is 7.43. The van der Waals surface area contributed by atoms with Crippen LogP contribution in [-0.2, 0) is 6.54 Å². The maximum Gasteiger partial charge on any atom is 0.346 e. The third-order valence-electron chi connectivity index (χ3n) is 4.29. The van der Waals surface area contributed by atoms with E-state index in [1.54, 1.807) is 6.92 Å². The van der Waals surface area contributed by atoms with E-state index in [9.17, 15) is 14.7 Å². The van der Waals surface area contributed by atoms with Crippen molar-refractivity contribution in [2.24, 2.45) is 5.92 Å². The Kier molecular flexibility index (Phi) is 4.01. The van der Waals surface area contributed by atoms with Crippen LogP contribution in [0.1, 0.15) is 40.8 Å². The highest BCUT2D eigenvalue weighted by atomic mass is 32.1. The zero-order valence-electron chi connectivity index (χ0n) is 12.7. The van der Waals surface area contributed by atoms with Crippen molar-refractivity contribution in [2.45, 2.75) is 33.2 Å². The molecule has 7 heteroatoms. The highest BCUT2D eigenvalue weighted by molar-refractivity contribution is 7.20. The van der Waals surface area contributed by atoms with E-state index >= 15 is 0 Å². The average molecular weight is 321 g/mol. The molecule has 6 nitrogen and oxygen atoms in total. The second-order valence-corrected chi connectivity index (χ2v) is 7.01. The summed E-state index contributed by atoms with van der Waals surface area (Å²) in [5.41, 5.74) is 0.256. The fourth-order valence-corrected chi connectivity index (χ4v) is 3.94. The van der Waals surface area contributed by atoms with Crippen LogP contribution >= 0.6 is 11.3 Å². The van der Waals surface area contributed by atoms with Gasteiger partial charge in [-0.25, -0.2) is 9.78 Å². The van der Waals surface area contributed by atoms with E-state index in [0.29, 0.717) is 28.1 Å². The van der Waals surface area contributed by atoms with E-state index in [0.717, 1.165) is 43.2 Å². The lowest BCUT2D eigenvalue weighted by Gasteiger charge is -2.29. The topological polar surface area (TPSA) is 86.3 Å². The molecule has 3 heterocycles. The minimum absolute atomic E-state index is 0.192. The van der Waals surface area contributed by atoms with Gasteiger partial charge in [0.15, 0.2) is 0 Å². The Hall–Kier alpha value is -1.73. The van der Waals surface area contributed by atoms with Gasteiger partial charge in [0.2, 0.25) is 0 Å². The van der Waals surface area contributed by atoms with Gasteiger partial charge in [0.05, 0.1) is 11.9 Å². The summed E-state index contributed by atoms with van der Waals surface area (Å²) in [6.07, 6.45) is 2.32. The number of aromatic amines is 1. The Labute approximate surface area is 131 Å². The highest BCUT2D eigenvalue weighted by Crippen LogP contribution is 2.27. The predicted molar refractivity (Wildman–Crippen MR) is 85.6 cm³/mol. The first-order valence-corrected chi connectivity index (χ1v) is 8.25. The van der Waals surface area contributed by atoms with Crippen molar-refractivity contribution in [2.75, 3.05) is 13.1 Å². The van der Waals surface area contributed by atoms with Crippen molar-refractivity contribution in [3.05, 3.63) is 26.6 Å². The number of hydrogen-bond donors (Lipinski definition) is 2. The Morgan fingerprint density at radius 2 is 2.14 bits per heavy atom. The quantitative estimate of drug-likeness (QED) is 0.905. The van der Waals surface area contributed by atoms with Crippen molar-refractivity contribution in [1.82, 2.24) is 14.9 Å². The smallest absolute Gasteiger partial charge is 0.346 e. The second-order valence-electron chi connectivity index (χ2n) is 6.01.